The summed E-state index contributed by atoms with van der Waals surface area (Å²) in [7, 11) is -6.40. The van der Waals surface area contributed by atoms with Crippen LogP contribution in [0.5, 0.6) is 0 Å². The second-order valence-electron chi connectivity index (χ2n) is 14.5. The summed E-state index contributed by atoms with van der Waals surface area (Å²) >= 11 is 0. The van der Waals surface area contributed by atoms with E-state index in [0.29, 0.717) is 0 Å². The number of halogens is 1. The topological polar surface area (TPSA) is 18.5 Å². The Bertz CT molecular complexity index is 2210. The number of benzene rings is 8. The van der Waals surface area contributed by atoms with E-state index in [0.717, 1.165) is 53.4 Å². The van der Waals surface area contributed by atoms with Gasteiger partial charge < -0.3 is 8.85 Å². The quantitative estimate of drug-likeness (QED) is 0.0952. The Hall–Kier alpha value is -5.96. The van der Waals surface area contributed by atoms with E-state index < -0.39 is 22.0 Å². The van der Waals surface area contributed by atoms with Gasteiger partial charge in [0, 0.05) is 0 Å². The van der Waals surface area contributed by atoms with Crippen LogP contribution in [0.2, 0.25) is 0 Å². The number of hydrogen-bond acceptors (Lipinski definition) is 2. The van der Waals surface area contributed by atoms with Gasteiger partial charge in [-0.1, -0.05) is 212 Å². The molecule has 0 fully saturated rings. The lowest BCUT2D eigenvalue weighted by Crippen LogP contribution is -2.71. The molecule has 0 bridgehead atoms. The van der Waals surface area contributed by atoms with Crippen LogP contribution in [0, 0.1) is 5.82 Å². The lowest BCUT2D eigenvalue weighted by Gasteiger charge is -2.41. The number of rotatable bonds is 12. The van der Waals surface area contributed by atoms with Crippen LogP contribution in [0.3, 0.4) is 0 Å². The van der Waals surface area contributed by atoms with Crippen molar-refractivity contribution in [1.82, 2.24) is 0 Å². The molecule has 8 aromatic carbocycles. The van der Waals surface area contributed by atoms with Gasteiger partial charge in [0.1, 0.15) is 5.82 Å². The van der Waals surface area contributed by atoms with Crippen LogP contribution >= 0.6 is 0 Å². The molecule has 0 N–H and O–H groups in total. The van der Waals surface area contributed by atoms with Crippen molar-refractivity contribution in [1.29, 1.82) is 0 Å². The van der Waals surface area contributed by atoms with Crippen molar-refractivity contribution in [3.63, 3.8) is 0 Å². The molecule has 56 heavy (non-hydrogen) atoms. The van der Waals surface area contributed by atoms with Crippen molar-refractivity contribution >= 4 is 47.8 Å². The largest absolute Gasteiger partial charge is 0.403 e. The second kappa shape index (κ2) is 15.3. The summed E-state index contributed by atoms with van der Waals surface area (Å²) in [6.07, 6.45) is 0. The van der Waals surface area contributed by atoms with Crippen molar-refractivity contribution in [3.05, 3.63) is 241 Å². The van der Waals surface area contributed by atoms with Crippen LogP contribution in [0.15, 0.2) is 224 Å². The summed E-state index contributed by atoms with van der Waals surface area (Å²) in [6.45, 7) is 0.516. The molecule has 1 aliphatic rings. The van der Waals surface area contributed by atoms with Gasteiger partial charge in [0.15, 0.2) is 0 Å². The standard InChI is InChI=1S/C51H41FO2Si2/c52-40-35-36-48-47-33-19-20-34-49(47)51(50(48)37-40,38-53-55(41-21-7-1-8-22-41,42-23-9-2-10-24-42)43-25-11-3-12-26-43)39-54-56(44-27-13-4-14-28-44,45-29-15-5-16-30-45)46-31-17-6-18-32-46/h1-37H,38-39H2. The first-order valence-electron chi connectivity index (χ1n) is 19.2. The SMILES string of the molecule is Fc1ccc2c(c1)C(CO[Si](c1ccccc1)(c1ccccc1)c1ccccc1)(CO[Si](c1ccccc1)(c1ccccc1)c1ccccc1)c1ccccc1-2. The van der Waals surface area contributed by atoms with E-state index in [-0.39, 0.29) is 19.0 Å². The van der Waals surface area contributed by atoms with Gasteiger partial charge in [-0.3, -0.25) is 0 Å². The lowest BCUT2D eigenvalue weighted by atomic mass is 9.80. The Morgan fingerprint density at radius 3 is 1.00 bits per heavy atom. The molecule has 0 amide bonds. The van der Waals surface area contributed by atoms with Gasteiger partial charge in [-0.25, -0.2) is 4.39 Å². The zero-order valence-electron chi connectivity index (χ0n) is 31.0. The Morgan fingerprint density at radius 1 is 0.339 bits per heavy atom. The molecule has 0 radical (unpaired) electrons. The third-order valence-corrected chi connectivity index (χ3v) is 19.4. The third kappa shape index (κ3) is 6.10. The maximum atomic E-state index is 15.8. The Kier molecular flexibility index (Phi) is 9.76. The van der Waals surface area contributed by atoms with E-state index in [1.165, 1.54) is 0 Å². The predicted octanol–water partition coefficient (Wildman–Crippen LogP) is 7.46. The molecular weight excluding hydrogens is 720 g/mol. The van der Waals surface area contributed by atoms with Crippen molar-refractivity contribution < 1.29 is 13.2 Å². The van der Waals surface area contributed by atoms with Crippen LogP contribution in [0.25, 0.3) is 11.1 Å². The predicted molar refractivity (Wildman–Crippen MR) is 232 cm³/mol. The molecule has 0 saturated carbocycles. The first-order valence-corrected chi connectivity index (χ1v) is 23.0. The van der Waals surface area contributed by atoms with Gasteiger partial charge in [-0.15, -0.1) is 0 Å². The normalized spacial score (nSPS) is 13.2. The molecular formula is C51H41FO2Si2. The van der Waals surface area contributed by atoms with Gasteiger partial charge in [0.05, 0.1) is 18.6 Å². The van der Waals surface area contributed by atoms with Crippen LogP contribution in [-0.2, 0) is 14.3 Å². The van der Waals surface area contributed by atoms with Crippen LogP contribution in [0.4, 0.5) is 4.39 Å². The highest BCUT2D eigenvalue weighted by Crippen LogP contribution is 2.50. The van der Waals surface area contributed by atoms with Gasteiger partial charge >= 0.3 is 0 Å². The summed E-state index contributed by atoms with van der Waals surface area (Å²) in [5.74, 6) is -0.281. The average molecular weight is 761 g/mol. The average Bonchev–Trinajstić information content (AvgIpc) is 3.55. The molecule has 0 unspecified atom stereocenters. The molecule has 5 heteroatoms. The third-order valence-electron chi connectivity index (χ3n) is 11.4. The Balaban J connectivity index is 1.28. The van der Waals surface area contributed by atoms with E-state index >= 15 is 4.39 Å². The van der Waals surface area contributed by atoms with Crippen LogP contribution in [0.1, 0.15) is 11.1 Å². The van der Waals surface area contributed by atoms with Crippen LogP contribution < -0.4 is 31.1 Å². The first-order chi connectivity index (χ1) is 27.6. The van der Waals surface area contributed by atoms with Gasteiger partial charge in [0.2, 0.25) is 0 Å². The fourth-order valence-electron chi connectivity index (χ4n) is 8.78. The molecule has 0 atom stereocenters. The molecule has 9 rings (SSSR count). The van der Waals surface area contributed by atoms with Gasteiger partial charge in [-0.2, -0.15) is 0 Å². The minimum Gasteiger partial charge on any atom is -0.403 e. The van der Waals surface area contributed by atoms with Crippen molar-refractivity contribution in [2.45, 2.75) is 5.41 Å². The van der Waals surface area contributed by atoms with Crippen molar-refractivity contribution in [2.24, 2.45) is 0 Å². The summed E-state index contributed by atoms with van der Waals surface area (Å²) in [5.41, 5.74) is 3.17. The molecule has 0 aromatic heterocycles. The monoisotopic (exact) mass is 760 g/mol. The first kappa shape index (κ1) is 35.7. The molecule has 0 aliphatic heterocycles. The summed E-state index contributed by atoms with van der Waals surface area (Å²) in [6, 6.07) is 77.6. The summed E-state index contributed by atoms with van der Waals surface area (Å²) < 4.78 is 31.5. The number of hydrogen-bond donors (Lipinski definition) is 0. The van der Waals surface area contributed by atoms with Crippen molar-refractivity contribution in [2.75, 3.05) is 13.2 Å². The molecule has 0 heterocycles. The zero-order chi connectivity index (χ0) is 37.8. The molecule has 272 valence electrons. The maximum absolute atomic E-state index is 15.8. The maximum Gasteiger partial charge on any atom is 0.288 e. The highest BCUT2D eigenvalue weighted by molar-refractivity contribution is 7.07. The molecule has 0 spiro atoms. The molecule has 8 aromatic rings. The fraction of sp³-hybridized carbons (Fsp3) is 0.0588. The molecule has 0 saturated heterocycles. The van der Waals surface area contributed by atoms with E-state index in [1.807, 2.05) is 6.07 Å². The summed E-state index contributed by atoms with van der Waals surface area (Å²) in [4.78, 5) is 0. The van der Waals surface area contributed by atoms with E-state index in [1.54, 1.807) is 12.1 Å². The lowest BCUT2D eigenvalue weighted by molar-refractivity contribution is 0.172. The Labute approximate surface area is 330 Å². The summed E-state index contributed by atoms with van der Waals surface area (Å²) in [5, 5.41) is 6.84. The highest BCUT2D eigenvalue weighted by atomic mass is 28.4. The van der Waals surface area contributed by atoms with Gasteiger partial charge in [-0.05, 0) is 65.5 Å². The molecule has 1 aliphatic carbocycles. The highest BCUT2D eigenvalue weighted by Gasteiger charge is 2.51. The fourth-order valence-corrected chi connectivity index (χ4v) is 16.7. The minimum atomic E-state index is -3.20. The van der Waals surface area contributed by atoms with E-state index in [9.17, 15) is 0 Å². The Morgan fingerprint density at radius 2 is 0.643 bits per heavy atom. The van der Waals surface area contributed by atoms with Crippen LogP contribution in [-0.4, -0.2) is 29.8 Å². The van der Waals surface area contributed by atoms with Crippen molar-refractivity contribution in [3.8, 4) is 11.1 Å². The minimum absolute atomic E-state index is 0.258. The number of fused-ring (bicyclic) bond motifs is 3. The van der Waals surface area contributed by atoms with E-state index in [2.05, 4.69) is 206 Å². The molecule has 2 nitrogen and oxygen atoms in total. The van der Waals surface area contributed by atoms with Gasteiger partial charge in [0.25, 0.3) is 16.6 Å². The smallest absolute Gasteiger partial charge is 0.288 e. The van der Waals surface area contributed by atoms with E-state index in [4.69, 9.17) is 8.85 Å². The second-order valence-corrected chi connectivity index (χ2v) is 21.2. The zero-order valence-corrected chi connectivity index (χ0v) is 33.0.